The van der Waals surface area contributed by atoms with Gasteiger partial charge in [-0.05, 0) is 57.7 Å². The number of para-hydroxylation sites is 1. The Labute approximate surface area is 179 Å². The molecule has 1 amide bonds. The van der Waals surface area contributed by atoms with E-state index in [1.165, 1.54) is 10.9 Å². The van der Waals surface area contributed by atoms with Gasteiger partial charge in [-0.3, -0.25) is 4.98 Å². The lowest BCUT2D eigenvalue weighted by atomic mass is 9.95. The van der Waals surface area contributed by atoms with Crippen LogP contribution in [0.15, 0.2) is 42.6 Å². The number of aromatic nitrogens is 1. The number of hydrogen-bond acceptors (Lipinski definition) is 5. The molecule has 158 valence electrons. The van der Waals surface area contributed by atoms with E-state index in [9.17, 15) is 9.18 Å². The molecule has 5 nitrogen and oxygen atoms in total. The van der Waals surface area contributed by atoms with E-state index in [0.29, 0.717) is 24.8 Å². The number of carbonyl (C=O) groups is 1. The van der Waals surface area contributed by atoms with E-state index in [-0.39, 0.29) is 11.8 Å². The van der Waals surface area contributed by atoms with Gasteiger partial charge in [0.05, 0.1) is 10.2 Å². The van der Waals surface area contributed by atoms with Crippen LogP contribution in [0.5, 0.6) is 11.5 Å². The van der Waals surface area contributed by atoms with Gasteiger partial charge >= 0.3 is 6.09 Å². The second-order valence-electron chi connectivity index (χ2n) is 8.45. The third-order valence-corrected chi connectivity index (χ3v) is 6.30. The molecular formula is C23H25FN2O3S. The summed E-state index contributed by atoms with van der Waals surface area (Å²) in [4.78, 5) is 19.7. The average molecular weight is 429 g/mol. The largest absolute Gasteiger partial charge is 0.453 e. The molecule has 4 rings (SSSR count). The third-order valence-electron chi connectivity index (χ3n) is 5.00. The molecule has 1 aromatic carbocycles. The van der Waals surface area contributed by atoms with Crippen LogP contribution in [0.3, 0.4) is 0 Å². The average Bonchev–Trinajstić information content (AvgIpc) is 3.14. The monoisotopic (exact) mass is 428 g/mol. The molecule has 3 aromatic rings. The number of thiophene rings is 1. The molecule has 1 fully saturated rings. The Hall–Kier alpha value is -2.67. The fraction of sp³-hybridized carbons (Fsp3) is 0.391. The number of ether oxygens (including phenoxy) is 2. The number of pyridine rings is 1. The molecule has 0 radical (unpaired) electrons. The number of nitrogens with zero attached hydrogens (tertiary/aromatic N) is 2. The van der Waals surface area contributed by atoms with Crippen LogP contribution in [-0.2, 0) is 4.74 Å². The predicted molar refractivity (Wildman–Crippen MR) is 116 cm³/mol. The molecule has 0 spiro atoms. The minimum Gasteiger partial charge on any atom is -0.453 e. The summed E-state index contributed by atoms with van der Waals surface area (Å²) in [6.45, 7) is 6.97. The van der Waals surface area contributed by atoms with Gasteiger partial charge in [-0.25, -0.2) is 9.18 Å². The maximum atomic E-state index is 14.0. The summed E-state index contributed by atoms with van der Waals surface area (Å²) in [6.07, 6.45) is 3.17. The van der Waals surface area contributed by atoms with Crippen molar-refractivity contribution in [3.8, 4) is 11.5 Å². The normalized spacial score (nSPS) is 15.4. The number of fused-ring (bicyclic) bond motifs is 1. The highest BCUT2D eigenvalue weighted by Crippen LogP contribution is 2.40. The van der Waals surface area contributed by atoms with Crippen LogP contribution in [0.2, 0.25) is 0 Å². The Morgan fingerprint density at radius 1 is 1.17 bits per heavy atom. The van der Waals surface area contributed by atoms with Crippen LogP contribution in [-0.4, -0.2) is 34.7 Å². The number of hydrogen-bond donors (Lipinski definition) is 0. The summed E-state index contributed by atoms with van der Waals surface area (Å²) >= 11 is 1.63. The standard InChI is InChI=1S/C23H25FN2O3S/c1-23(2,3)29-22(27)26-12-9-15(10-13-26)20-14-17-21(30-20)19(8-11-25-17)28-18-7-5-4-6-16(18)24/h4-8,11,14-15H,9-10,12-13H2,1-3H3. The fourth-order valence-electron chi connectivity index (χ4n) is 3.53. The summed E-state index contributed by atoms with van der Waals surface area (Å²) in [5.41, 5.74) is 0.359. The zero-order chi connectivity index (χ0) is 21.3. The predicted octanol–water partition coefficient (Wildman–Crippen LogP) is 6.34. The second kappa shape index (κ2) is 8.22. The Morgan fingerprint density at radius 3 is 2.60 bits per heavy atom. The molecule has 0 atom stereocenters. The molecule has 0 aliphatic carbocycles. The summed E-state index contributed by atoms with van der Waals surface area (Å²) in [5, 5.41) is 0. The number of rotatable bonds is 3. The van der Waals surface area contributed by atoms with Gasteiger partial charge in [0.25, 0.3) is 0 Å². The van der Waals surface area contributed by atoms with Crippen molar-refractivity contribution >= 4 is 27.6 Å². The number of halogens is 1. The molecular weight excluding hydrogens is 403 g/mol. The second-order valence-corrected chi connectivity index (χ2v) is 9.53. The minimum absolute atomic E-state index is 0.200. The molecule has 0 saturated carbocycles. The van der Waals surface area contributed by atoms with E-state index >= 15 is 0 Å². The first-order valence-corrected chi connectivity index (χ1v) is 10.9. The first kappa shape index (κ1) is 20.6. The molecule has 0 unspecified atom stereocenters. The number of piperidine rings is 1. The van der Waals surface area contributed by atoms with Crippen molar-refractivity contribution in [2.45, 2.75) is 45.1 Å². The molecule has 30 heavy (non-hydrogen) atoms. The first-order chi connectivity index (χ1) is 14.3. The number of carbonyl (C=O) groups excluding carboxylic acids is 1. The lowest BCUT2D eigenvalue weighted by Crippen LogP contribution is -2.41. The van der Waals surface area contributed by atoms with Crippen LogP contribution in [0.4, 0.5) is 9.18 Å². The van der Waals surface area contributed by atoms with Crippen LogP contribution in [0.25, 0.3) is 10.2 Å². The van der Waals surface area contributed by atoms with Crippen LogP contribution < -0.4 is 4.74 Å². The number of likely N-dealkylation sites (tertiary alicyclic amines) is 1. The SMILES string of the molecule is CC(C)(C)OC(=O)N1CCC(c2cc3nccc(Oc4ccccc4F)c3s2)CC1. The Kier molecular flexibility index (Phi) is 5.64. The molecule has 0 bridgehead atoms. The molecule has 1 aliphatic heterocycles. The van der Waals surface area contributed by atoms with Crippen molar-refractivity contribution in [3.63, 3.8) is 0 Å². The van der Waals surface area contributed by atoms with Crippen molar-refractivity contribution in [2.24, 2.45) is 0 Å². The van der Waals surface area contributed by atoms with Gasteiger partial charge in [0.2, 0.25) is 0 Å². The Morgan fingerprint density at radius 2 is 1.90 bits per heavy atom. The van der Waals surface area contributed by atoms with Crippen LogP contribution in [0, 0.1) is 5.82 Å². The maximum Gasteiger partial charge on any atom is 0.410 e. The molecule has 1 aliphatic rings. The summed E-state index contributed by atoms with van der Waals surface area (Å²) in [5.74, 6) is 0.760. The van der Waals surface area contributed by atoms with Crippen molar-refractivity contribution < 1.29 is 18.7 Å². The van der Waals surface area contributed by atoms with Gasteiger partial charge < -0.3 is 14.4 Å². The van der Waals surface area contributed by atoms with Gasteiger partial charge in [0, 0.05) is 30.2 Å². The van der Waals surface area contributed by atoms with Gasteiger partial charge in [-0.1, -0.05) is 12.1 Å². The lowest BCUT2D eigenvalue weighted by molar-refractivity contribution is 0.0205. The zero-order valence-corrected chi connectivity index (χ0v) is 18.2. The van der Waals surface area contributed by atoms with Crippen molar-refractivity contribution in [2.75, 3.05) is 13.1 Å². The minimum atomic E-state index is -0.486. The third kappa shape index (κ3) is 4.56. The van der Waals surface area contributed by atoms with Crippen LogP contribution in [0.1, 0.15) is 44.4 Å². The topological polar surface area (TPSA) is 51.7 Å². The lowest BCUT2D eigenvalue weighted by Gasteiger charge is -2.33. The van der Waals surface area contributed by atoms with Crippen molar-refractivity contribution in [1.29, 1.82) is 0 Å². The van der Waals surface area contributed by atoms with E-state index in [4.69, 9.17) is 9.47 Å². The van der Waals surface area contributed by atoms with Crippen molar-refractivity contribution in [3.05, 3.63) is 53.3 Å². The smallest absolute Gasteiger partial charge is 0.410 e. The van der Waals surface area contributed by atoms with Gasteiger partial charge in [-0.15, -0.1) is 11.3 Å². The van der Waals surface area contributed by atoms with E-state index < -0.39 is 11.4 Å². The first-order valence-electron chi connectivity index (χ1n) is 10.1. The quantitative estimate of drug-likeness (QED) is 0.488. The van der Waals surface area contributed by atoms with Crippen molar-refractivity contribution in [1.82, 2.24) is 9.88 Å². The van der Waals surface area contributed by atoms with E-state index in [0.717, 1.165) is 23.1 Å². The highest BCUT2D eigenvalue weighted by Gasteiger charge is 2.28. The van der Waals surface area contributed by atoms with Gasteiger partial charge in [0.15, 0.2) is 11.6 Å². The maximum absolute atomic E-state index is 14.0. The number of benzene rings is 1. The zero-order valence-electron chi connectivity index (χ0n) is 17.4. The van der Waals surface area contributed by atoms with E-state index in [1.54, 1.807) is 46.7 Å². The summed E-state index contributed by atoms with van der Waals surface area (Å²) in [7, 11) is 0. The molecule has 3 heterocycles. The Balaban J connectivity index is 1.49. The Bertz CT molecular complexity index is 1050. The van der Waals surface area contributed by atoms with E-state index in [2.05, 4.69) is 11.1 Å². The number of amides is 1. The molecule has 0 N–H and O–H groups in total. The molecule has 7 heteroatoms. The fourth-order valence-corrected chi connectivity index (χ4v) is 4.77. The highest BCUT2D eigenvalue weighted by molar-refractivity contribution is 7.19. The van der Waals surface area contributed by atoms with E-state index in [1.807, 2.05) is 20.8 Å². The summed E-state index contributed by atoms with van der Waals surface area (Å²) < 4.78 is 26.2. The van der Waals surface area contributed by atoms with Gasteiger partial charge in [-0.2, -0.15) is 0 Å². The highest BCUT2D eigenvalue weighted by atomic mass is 32.1. The van der Waals surface area contributed by atoms with Crippen LogP contribution >= 0.6 is 11.3 Å². The molecule has 1 saturated heterocycles. The molecule has 2 aromatic heterocycles. The summed E-state index contributed by atoms with van der Waals surface area (Å²) in [6, 6.07) is 10.2. The van der Waals surface area contributed by atoms with Gasteiger partial charge in [0.1, 0.15) is 11.4 Å².